The zero-order chi connectivity index (χ0) is 27.6. The van der Waals surface area contributed by atoms with Crippen LogP contribution in [0.5, 0.6) is 0 Å². The first-order chi connectivity index (χ1) is 18.8. The fourth-order valence-electron chi connectivity index (χ4n) is 5.39. The third-order valence-corrected chi connectivity index (χ3v) is 8.04. The van der Waals surface area contributed by atoms with Crippen LogP contribution in [0.15, 0.2) is 0 Å². The smallest absolute Gasteiger partial charge is 0.0897 e. The number of hydrogen-bond acceptors (Lipinski definition) is 3. The van der Waals surface area contributed by atoms with Gasteiger partial charge in [0.2, 0.25) is 0 Å². The van der Waals surface area contributed by atoms with Crippen molar-refractivity contribution in [3.05, 3.63) is 0 Å². The molecule has 0 spiro atoms. The lowest BCUT2D eigenvalue weighted by Gasteiger charge is -2.12. The highest BCUT2D eigenvalue weighted by atomic mass is 16.5. The number of nitrogens with one attached hydrogen (secondary N) is 1. The normalized spacial score (nSPS) is 12.4. The maximum absolute atomic E-state index is 10.1. The highest BCUT2D eigenvalue weighted by molar-refractivity contribution is 4.59. The highest BCUT2D eigenvalue weighted by Gasteiger charge is 2.03. The monoisotopic (exact) mass is 540 g/mol. The Morgan fingerprint density at radius 3 is 1.13 bits per heavy atom. The van der Waals surface area contributed by atoms with E-state index in [4.69, 9.17) is 4.74 Å². The van der Waals surface area contributed by atoms with Gasteiger partial charge >= 0.3 is 0 Å². The molecule has 0 amide bonds. The van der Waals surface area contributed by atoms with Gasteiger partial charge in [0.25, 0.3) is 0 Å². The van der Waals surface area contributed by atoms with Crippen molar-refractivity contribution in [2.75, 3.05) is 26.3 Å². The molecule has 0 heterocycles. The van der Waals surface area contributed by atoms with E-state index in [0.717, 1.165) is 19.6 Å². The van der Waals surface area contributed by atoms with Gasteiger partial charge in [-0.15, -0.1) is 0 Å². The largest absolute Gasteiger partial charge is 0.389 e. The maximum Gasteiger partial charge on any atom is 0.0897 e. The Morgan fingerprint density at radius 1 is 0.447 bits per heavy atom. The number of hydrogen-bond donors (Lipinski definition) is 2. The molecule has 0 aliphatic heterocycles. The average Bonchev–Trinajstić information content (AvgIpc) is 2.92. The average molecular weight is 540 g/mol. The summed E-state index contributed by atoms with van der Waals surface area (Å²) in [6, 6.07) is 0. The van der Waals surface area contributed by atoms with Crippen molar-refractivity contribution >= 4 is 0 Å². The number of unbranched alkanes of at least 4 members (excludes halogenated alkanes) is 26. The van der Waals surface area contributed by atoms with Crippen molar-refractivity contribution < 1.29 is 9.84 Å². The predicted molar refractivity (Wildman–Crippen MR) is 170 cm³/mol. The minimum absolute atomic E-state index is 0.367. The van der Waals surface area contributed by atoms with E-state index in [9.17, 15) is 5.11 Å². The van der Waals surface area contributed by atoms with Gasteiger partial charge in [0.05, 0.1) is 12.7 Å². The molecule has 1 atom stereocenters. The topological polar surface area (TPSA) is 41.5 Å². The molecule has 0 saturated heterocycles. The van der Waals surface area contributed by atoms with Crippen molar-refractivity contribution in [1.82, 2.24) is 5.32 Å². The van der Waals surface area contributed by atoms with Gasteiger partial charge < -0.3 is 15.2 Å². The Balaban J connectivity index is 3.13. The van der Waals surface area contributed by atoms with Crippen molar-refractivity contribution in [2.24, 2.45) is 0 Å². The van der Waals surface area contributed by atoms with Crippen molar-refractivity contribution in [3.63, 3.8) is 0 Å². The minimum atomic E-state index is -0.367. The summed E-state index contributed by atoms with van der Waals surface area (Å²) in [5.74, 6) is 0. The van der Waals surface area contributed by atoms with Gasteiger partial charge in [0.1, 0.15) is 0 Å². The van der Waals surface area contributed by atoms with Crippen LogP contribution in [0, 0.1) is 0 Å². The van der Waals surface area contributed by atoms with E-state index in [1.165, 1.54) is 173 Å². The Hall–Kier alpha value is -0.120. The van der Waals surface area contributed by atoms with Gasteiger partial charge in [-0.2, -0.15) is 0 Å². The summed E-state index contributed by atoms with van der Waals surface area (Å²) >= 11 is 0. The van der Waals surface area contributed by atoms with E-state index in [1.54, 1.807) is 0 Å². The predicted octanol–water partition coefficient (Wildman–Crippen LogP) is 10.9. The Kier molecular flexibility index (Phi) is 34.8. The molecule has 0 aliphatic rings. The fraction of sp³-hybridized carbons (Fsp3) is 1.00. The van der Waals surface area contributed by atoms with Crippen LogP contribution in [-0.4, -0.2) is 37.5 Å². The second-order valence-electron chi connectivity index (χ2n) is 12.1. The van der Waals surface area contributed by atoms with Gasteiger partial charge in [-0.05, 0) is 19.4 Å². The van der Waals surface area contributed by atoms with E-state index in [0.29, 0.717) is 13.2 Å². The summed E-state index contributed by atoms with van der Waals surface area (Å²) in [7, 11) is 0. The first-order valence-electron chi connectivity index (χ1n) is 17.8. The van der Waals surface area contributed by atoms with Crippen LogP contribution in [0.1, 0.15) is 194 Å². The van der Waals surface area contributed by atoms with Gasteiger partial charge in [0, 0.05) is 13.2 Å². The van der Waals surface area contributed by atoms with E-state index < -0.39 is 0 Å². The van der Waals surface area contributed by atoms with Gasteiger partial charge in [-0.3, -0.25) is 0 Å². The van der Waals surface area contributed by atoms with Crippen molar-refractivity contribution in [1.29, 1.82) is 0 Å². The van der Waals surface area contributed by atoms with Crippen LogP contribution in [-0.2, 0) is 4.74 Å². The quantitative estimate of drug-likeness (QED) is 0.0799. The molecule has 1 unspecified atom stereocenters. The van der Waals surface area contributed by atoms with E-state index >= 15 is 0 Å². The first kappa shape index (κ1) is 37.9. The van der Waals surface area contributed by atoms with E-state index in [2.05, 4.69) is 19.2 Å². The molecule has 0 saturated carbocycles. The number of aliphatic hydroxyl groups excluding tert-OH is 1. The molecule has 38 heavy (non-hydrogen) atoms. The summed E-state index contributed by atoms with van der Waals surface area (Å²) in [5.41, 5.74) is 0. The lowest BCUT2D eigenvalue weighted by molar-refractivity contribution is 0.0355. The summed E-state index contributed by atoms with van der Waals surface area (Å²) < 4.78 is 5.68. The minimum Gasteiger partial charge on any atom is -0.389 e. The Bertz CT molecular complexity index is 403. The lowest BCUT2D eigenvalue weighted by Crippen LogP contribution is -2.31. The second kappa shape index (κ2) is 34.9. The van der Waals surface area contributed by atoms with Crippen LogP contribution >= 0.6 is 0 Å². The van der Waals surface area contributed by atoms with Gasteiger partial charge in [-0.1, -0.05) is 181 Å². The molecule has 0 aromatic carbocycles. The molecule has 0 bridgehead atoms. The van der Waals surface area contributed by atoms with E-state index in [1.807, 2.05) is 0 Å². The summed E-state index contributed by atoms with van der Waals surface area (Å²) in [5, 5.41) is 13.5. The summed E-state index contributed by atoms with van der Waals surface area (Å²) in [4.78, 5) is 0. The summed E-state index contributed by atoms with van der Waals surface area (Å²) in [6.45, 7) is 7.54. The Morgan fingerprint density at radius 2 is 0.763 bits per heavy atom. The number of ether oxygens (including phenoxy) is 1. The molecule has 0 aromatic rings. The van der Waals surface area contributed by atoms with Gasteiger partial charge in [-0.25, -0.2) is 0 Å². The molecule has 230 valence electrons. The SMILES string of the molecule is CCCCCCCCCCCCCCCCCCNCC(O)COCCCCCCCCCCCCCC. The van der Waals surface area contributed by atoms with Gasteiger partial charge in [0.15, 0.2) is 0 Å². The zero-order valence-corrected chi connectivity index (χ0v) is 26.6. The molecule has 0 fully saturated rings. The van der Waals surface area contributed by atoms with Crippen LogP contribution < -0.4 is 5.32 Å². The molecule has 0 radical (unpaired) electrons. The molecular weight excluding hydrogens is 466 g/mol. The molecule has 3 heteroatoms. The Labute approximate surface area is 241 Å². The van der Waals surface area contributed by atoms with Crippen LogP contribution in [0.3, 0.4) is 0 Å². The molecule has 0 aromatic heterocycles. The van der Waals surface area contributed by atoms with Crippen LogP contribution in [0.2, 0.25) is 0 Å². The third-order valence-electron chi connectivity index (χ3n) is 8.04. The molecule has 0 aliphatic carbocycles. The molecule has 0 rings (SSSR count). The third kappa shape index (κ3) is 33.9. The zero-order valence-electron chi connectivity index (χ0n) is 26.6. The van der Waals surface area contributed by atoms with Crippen LogP contribution in [0.25, 0.3) is 0 Å². The first-order valence-corrected chi connectivity index (χ1v) is 17.8. The number of aliphatic hydroxyl groups is 1. The summed E-state index contributed by atoms with van der Waals surface area (Å²) in [6.07, 6.45) is 38.6. The standard InChI is InChI=1S/C35H73NO2/c1-3-5-7-9-11-13-15-17-18-19-20-21-23-25-27-29-31-36-33-35(37)34-38-32-30-28-26-24-22-16-14-12-10-8-6-4-2/h35-37H,3-34H2,1-2H3. The number of rotatable bonds is 34. The lowest BCUT2D eigenvalue weighted by atomic mass is 10.0. The molecule has 2 N–H and O–H groups in total. The highest BCUT2D eigenvalue weighted by Crippen LogP contribution is 2.14. The van der Waals surface area contributed by atoms with Crippen molar-refractivity contribution in [2.45, 2.75) is 200 Å². The molecule has 3 nitrogen and oxygen atoms in total. The molecular formula is C35H73NO2. The maximum atomic E-state index is 10.1. The van der Waals surface area contributed by atoms with Crippen LogP contribution in [0.4, 0.5) is 0 Å². The fourth-order valence-corrected chi connectivity index (χ4v) is 5.39. The van der Waals surface area contributed by atoms with E-state index in [-0.39, 0.29) is 6.10 Å². The van der Waals surface area contributed by atoms with Crippen molar-refractivity contribution in [3.8, 4) is 0 Å². The second-order valence-corrected chi connectivity index (χ2v) is 12.1.